The van der Waals surface area contributed by atoms with E-state index in [0.29, 0.717) is 11.1 Å². The number of anilines is 3. The van der Waals surface area contributed by atoms with Gasteiger partial charge in [-0.1, -0.05) is 111 Å². The number of fused-ring (bicyclic) bond motifs is 2. The first kappa shape index (κ1) is 27.6. The number of pyridine rings is 1. The molecule has 5 heteroatoms. The zero-order valence-corrected chi connectivity index (χ0v) is 25.4. The molecular formula is C39H30N3OP. The summed E-state index contributed by atoms with van der Waals surface area (Å²) in [6.07, 6.45) is 1.72. The zero-order chi connectivity index (χ0) is 30.3. The lowest BCUT2D eigenvalue weighted by atomic mass is 9.73. The number of aromatic nitrogens is 1. The van der Waals surface area contributed by atoms with Crippen LogP contribution in [0.25, 0.3) is 16.0 Å². The molecule has 0 amide bonds. The molecule has 1 aromatic heterocycles. The number of nitrogens with zero attached hydrogens (tertiary/aromatic N) is 3. The number of rotatable bonds is 5. The van der Waals surface area contributed by atoms with E-state index in [4.69, 9.17) is 6.57 Å². The van der Waals surface area contributed by atoms with E-state index in [-0.39, 0.29) is 5.41 Å². The third kappa shape index (κ3) is 4.45. The summed E-state index contributed by atoms with van der Waals surface area (Å²) in [6, 6.07) is 46.0. The number of benzene rings is 5. The highest BCUT2D eigenvalue weighted by Crippen LogP contribution is 2.52. The fraction of sp³-hybridized carbons (Fsp3) is 0.0769. The number of hydrogen-bond acceptors (Lipinski definition) is 3. The molecule has 212 valence electrons. The van der Waals surface area contributed by atoms with Crippen molar-refractivity contribution in [1.29, 1.82) is 0 Å². The lowest BCUT2D eigenvalue weighted by molar-refractivity contribution is 0.592. The smallest absolute Gasteiger partial charge is 0.189 e. The maximum Gasteiger partial charge on any atom is 0.189 e. The van der Waals surface area contributed by atoms with Gasteiger partial charge < -0.3 is 9.46 Å². The lowest BCUT2D eigenvalue weighted by Gasteiger charge is -2.42. The molecule has 1 aliphatic rings. The van der Waals surface area contributed by atoms with E-state index in [1.165, 1.54) is 11.1 Å². The van der Waals surface area contributed by atoms with E-state index < -0.39 is 7.14 Å². The largest absolute Gasteiger partial charge is 0.311 e. The van der Waals surface area contributed by atoms with Gasteiger partial charge in [-0.2, -0.15) is 0 Å². The van der Waals surface area contributed by atoms with Crippen molar-refractivity contribution >= 4 is 45.9 Å². The monoisotopic (exact) mass is 587 g/mol. The van der Waals surface area contributed by atoms with E-state index in [9.17, 15) is 0 Å². The second-order valence-corrected chi connectivity index (χ2v) is 14.2. The summed E-state index contributed by atoms with van der Waals surface area (Å²) in [5.41, 5.74) is 8.13. The summed E-state index contributed by atoms with van der Waals surface area (Å²) in [5, 5.41) is 1.46. The fourth-order valence-corrected chi connectivity index (χ4v) is 8.92. The molecule has 0 aliphatic carbocycles. The standard InChI is InChI=1S/C39H30N3OP/c1-39(2)34-18-10-12-20-36(34)42(37-21-13-11-19-35(37)39)31-25-29(24-30(27-31)40-3)28-22-23-41-38(26-28)44(43,32-14-6-4-7-15-32)33-16-8-5-9-17-33/h4-27H,1-2H3. The van der Waals surface area contributed by atoms with Gasteiger partial charge in [0.15, 0.2) is 12.8 Å². The van der Waals surface area contributed by atoms with Crippen LogP contribution in [0.3, 0.4) is 0 Å². The SMILES string of the molecule is [C-]#[N+]c1cc(-c2ccnc(P(=O)(c3ccccc3)c3ccccc3)c2)cc(N2c3ccccc3C(C)(C)c3ccccc32)c1. The Kier molecular flexibility index (Phi) is 6.77. The Morgan fingerprint density at radius 1 is 0.659 bits per heavy atom. The van der Waals surface area contributed by atoms with Gasteiger partial charge in [-0.15, -0.1) is 0 Å². The highest BCUT2D eigenvalue weighted by atomic mass is 31.2. The van der Waals surface area contributed by atoms with Gasteiger partial charge in [0.05, 0.1) is 17.9 Å². The highest BCUT2D eigenvalue weighted by Gasteiger charge is 2.36. The van der Waals surface area contributed by atoms with Crippen molar-refractivity contribution in [2.24, 2.45) is 0 Å². The van der Waals surface area contributed by atoms with Gasteiger partial charge in [-0.25, -0.2) is 4.85 Å². The molecule has 5 aromatic carbocycles. The molecule has 0 bridgehead atoms. The van der Waals surface area contributed by atoms with Crippen LogP contribution in [0.5, 0.6) is 0 Å². The molecule has 0 unspecified atom stereocenters. The van der Waals surface area contributed by atoms with Gasteiger partial charge >= 0.3 is 0 Å². The summed E-state index contributed by atoms with van der Waals surface area (Å²) < 4.78 is 15.1. The average Bonchev–Trinajstić information content (AvgIpc) is 3.09. The van der Waals surface area contributed by atoms with E-state index in [1.54, 1.807) is 6.20 Å². The minimum atomic E-state index is -3.26. The Balaban J connectivity index is 1.41. The van der Waals surface area contributed by atoms with Gasteiger partial charge in [0, 0.05) is 27.9 Å². The summed E-state index contributed by atoms with van der Waals surface area (Å²) in [5.74, 6) is 0. The first-order chi connectivity index (χ1) is 21.4. The summed E-state index contributed by atoms with van der Waals surface area (Å²) in [4.78, 5) is 10.8. The van der Waals surface area contributed by atoms with Crippen LogP contribution in [-0.2, 0) is 9.98 Å². The van der Waals surface area contributed by atoms with Gasteiger partial charge in [-0.3, -0.25) is 4.98 Å². The Morgan fingerprint density at radius 2 is 1.20 bits per heavy atom. The maximum absolute atomic E-state index is 15.1. The predicted octanol–water partition coefficient (Wildman–Crippen LogP) is 9.05. The lowest BCUT2D eigenvalue weighted by Crippen LogP contribution is -2.30. The predicted molar refractivity (Wildman–Crippen MR) is 182 cm³/mol. The van der Waals surface area contributed by atoms with Crippen LogP contribution >= 0.6 is 7.14 Å². The molecule has 0 atom stereocenters. The van der Waals surface area contributed by atoms with Crippen molar-refractivity contribution in [3.05, 3.63) is 168 Å². The second-order valence-electron chi connectivity index (χ2n) is 11.5. The van der Waals surface area contributed by atoms with Gasteiger partial charge in [0.25, 0.3) is 0 Å². The third-order valence-corrected chi connectivity index (χ3v) is 11.5. The van der Waals surface area contributed by atoms with Crippen LogP contribution in [0.2, 0.25) is 0 Å². The summed E-state index contributed by atoms with van der Waals surface area (Å²) in [7, 11) is -3.26. The van der Waals surface area contributed by atoms with Crippen molar-refractivity contribution in [3.63, 3.8) is 0 Å². The molecule has 1 aliphatic heterocycles. The first-order valence-corrected chi connectivity index (χ1v) is 16.3. The Bertz CT molecular complexity index is 2010. The van der Waals surface area contributed by atoms with Crippen LogP contribution in [-0.4, -0.2) is 4.98 Å². The summed E-state index contributed by atoms with van der Waals surface area (Å²) >= 11 is 0. The molecule has 0 N–H and O–H groups in total. The minimum Gasteiger partial charge on any atom is -0.311 e. The van der Waals surface area contributed by atoms with Crippen molar-refractivity contribution < 1.29 is 4.57 Å². The van der Waals surface area contributed by atoms with Crippen molar-refractivity contribution in [2.45, 2.75) is 19.3 Å². The molecule has 44 heavy (non-hydrogen) atoms. The van der Waals surface area contributed by atoms with Crippen LogP contribution in [0, 0.1) is 6.57 Å². The van der Waals surface area contributed by atoms with Crippen molar-refractivity contribution in [2.75, 3.05) is 4.90 Å². The number of para-hydroxylation sites is 2. The highest BCUT2D eigenvalue weighted by molar-refractivity contribution is 7.85. The van der Waals surface area contributed by atoms with Crippen molar-refractivity contribution in [3.8, 4) is 11.1 Å². The topological polar surface area (TPSA) is 37.6 Å². The average molecular weight is 588 g/mol. The van der Waals surface area contributed by atoms with E-state index in [1.807, 2.05) is 84.9 Å². The first-order valence-electron chi connectivity index (χ1n) is 14.6. The Morgan fingerprint density at radius 3 is 1.77 bits per heavy atom. The van der Waals surface area contributed by atoms with Gasteiger partial charge in [0.1, 0.15) is 5.44 Å². The minimum absolute atomic E-state index is 0.181. The molecule has 0 saturated carbocycles. The molecular weight excluding hydrogens is 557 g/mol. The van der Waals surface area contributed by atoms with Crippen LogP contribution in [0.4, 0.5) is 22.7 Å². The molecule has 0 spiro atoms. The Hall–Kier alpha value is -5.23. The molecule has 2 heterocycles. The Labute approximate surface area is 258 Å². The summed E-state index contributed by atoms with van der Waals surface area (Å²) in [6.45, 7) is 12.5. The molecule has 6 aromatic rings. The fourth-order valence-electron chi connectivity index (χ4n) is 6.36. The third-order valence-electron chi connectivity index (χ3n) is 8.57. The van der Waals surface area contributed by atoms with Crippen LogP contribution in [0.15, 0.2) is 146 Å². The molecule has 7 rings (SSSR count). The number of hydrogen-bond donors (Lipinski definition) is 0. The normalized spacial score (nSPS) is 13.4. The zero-order valence-electron chi connectivity index (χ0n) is 24.6. The van der Waals surface area contributed by atoms with E-state index in [0.717, 1.165) is 38.8 Å². The van der Waals surface area contributed by atoms with Crippen LogP contribution < -0.4 is 20.9 Å². The second kappa shape index (κ2) is 10.8. The van der Waals surface area contributed by atoms with Gasteiger partial charge in [0.2, 0.25) is 0 Å². The maximum atomic E-state index is 15.1. The molecule has 0 fully saturated rings. The quantitative estimate of drug-likeness (QED) is 0.149. The molecule has 4 nitrogen and oxygen atoms in total. The molecule has 0 saturated heterocycles. The molecule has 0 radical (unpaired) electrons. The van der Waals surface area contributed by atoms with Crippen molar-refractivity contribution in [1.82, 2.24) is 4.98 Å². The van der Waals surface area contributed by atoms with E-state index >= 15 is 4.57 Å². The van der Waals surface area contributed by atoms with Gasteiger partial charge in [-0.05, 0) is 64.7 Å². The van der Waals surface area contributed by atoms with Crippen LogP contribution in [0.1, 0.15) is 25.0 Å². The van der Waals surface area contributed by atoms with E-state index in [2.05, 4.69) is 83.2 Å².